The molecule has 3 nitrogen and oxygen atoms in total. The predicted octanol–water partition coefficient (Wildman–Crippen LogP) is 2.52. The number of hydrogen-bond acceptors (Lipinski definition) is 3. The number of nitrogens with two attached hydrogens (primary N) is 1. The molecule has 0 aromatic heterocycles. The second-order valence-electron chi connectivity index (χ2n) is 6.12. The predicted molar refractivity (Wildman–Crippen MR) is 80.4 cm³/mol. The van der Waals surface area contributed by atoms with E-state index in [2.05, 4.69) is 9.80 Å². The van der Waals surface area contributed by atoms with Gasteiger partial charge in [-0.15, -0.1) is 0 Å². The molecule has 110 valence electrons. The van der Waals surface area contributed by atoms with Crippen LogP contribution in [-0.4, -0.2) is 37.1 Å². The van der Waals surface area contributed by atoms with Gasteiger partial charge in [0.2, 0.25) is 0 Å². The lowest BCUT2D eigenvalue weighted by Crippen LogP contribution is -2.35. The summed E-state index contributed by atoms with van der Waals surface area (Å²) in [5.74, 6) is -0.198. The summed E-state index contributed by atoms with van der Waals surface area (Å²) in [4.78, 5) is 4.98. The van der Waals surface area contributed by atoms with E-state index < -0.39 is 0 Å². The van der Waals surface area contributed by atoms with Gasteiger partial charge in [-0.1, -0.05) is 0 Å². The Hall–Kier alpha value is -1.13. The van der Waals surface area contributed by atoms with Gasteiger partial charge in [-0.2, -0.15) is 0 Å². The van der Waals surface area contributed by atoms with Crippen molar-refractivity contribution < 1.29 is 4.39 Å². The molecule has 2 fully saturated rings. The molecule has 0 bridgehead atoms. The summed E-state index contributed by atoms with van der Waals surface area (Å²) in [5, 5.41) is 0. The fourth-order valence-corrected chi connectivity index (χ4v) is 3.54. The zero-order chi connectivity index (χ0) is 14.1. The van der Waals surface area contributed by atoms with Crippen LogP contribution in [0.4, 0.5) is 10.1 Å². The Labute approximate surface area is 120 Å². The summed E-state index contributed by atoms with van der Waals surface area (Å²) in [6, 6.07) is 5.54. The van der Waals surface area contributed by atoms with Crippen LogP contribution in [0.25, 0.3) is 0 Å². The molecule has 1 aromatic rings. The average molecular weight is 277 g/mol. The van der Waals surface area contributed by atoms with E-state index in [-0.39, 0.29) is 11.9 Å². The van der Waals surface area contributed by atoms with E-state index in [1.165, 1.54) is 32.4 Å². The van der Waals surface area contributed by atoms with Crippen molar-refractivity contribution in [2.24, 2.45) is 5.73 Å². The second kappa shape index (κ2) is 5.70. The van der Waals surface area contributed by atoms with E-state index in [0.717, 1.165) is 24.3 Å². The zero-order valence-corrected chi connectivity index (χ0v) is 12.2. The van der Waals surface area contributed by atoms with E-state index in [0.29, 0.717) is 6.04 Å². The summed E-state index contributed by atoms with van der Waals surface area (Å²) in [6.45, 7) is 6.49. The van der Waals surface area contributed by atoms with Gasteiger partial charge in [0.15, 0.2) is 0 Å². The van der Waals surface area contributed by atoms with Gasteiger partial charge >= 0.3 is 0 Å². The molecule has 2 saturated heterocycles. The van der Waals surface area contributed by atoms with Crippen molar-refractivity contribution in [1.82, 2.24) is 4.90 Å². The molecule has 3 rings (SSSR count). The van der Waals surface area contributed by atoms with Crippen molar-refractivity contribution in [2.75, 3.05) is 31.1 Å². The number of rotatable bonds is 3. The summed E-state index contributed by atoms with van der Waals surface area (Å²) in [7, 11) is 0. The fourth-order valence-electron chi connectivity index (χ4n) is 3.54. The van der Waals surface area contributed by atoms with Gasteiger partial charge in [-0.25, -0.2) is 4.39 Å². The van der Waals surface area contributed by atoms with Crippen LogP contribution >= 0.6 is 0 Å². The Morgan fingerprint density at radius 1 is 1.25 bits per heavy atom. The van der Waals surface area contributed by atoms with Crippen LogP contribution in [0.5, 0.6) is 0 Å². The van der Waals surface area contributed by atoms with Crippen LogP contribution in [0.15, 0.2) is 18.2 Å². The maximum absolute atomic E-state index is 13.4. The standard InChI is InChI=1S/C16H24FN3/c1-12(18)15-10-13(17)4-5-16(15)20-9-6-14(11-20)19-7-2-3-8-19/h4-5,10,12,14H,2-3,6-9,11,18H2,1H3/t12-,14?/m1/s1. The van der Waals surface area contributed by atoms with Crippen molar-refractivity contribution in [1.29, 1.82) is 0 Å². The first-order chi connectivity index (χ1) is 9.65. The third-order valence-electron chi connectivity index (χ3n) is 4.64. The number of benzene rings is 1. The number of hydrogen-bond donors (Lipinski definition) is 1. The van der Waals surface area contributed by atoms with Gasteiger partial charge in [-0.05, 0) is 63.0 Å². The van der Waals surface area contributed by atoms with Crippen LogP contribution < -0.4 is 10.6 Å². The molecule has 0 amide bonds. The Kier molecular flexibility index (Phi) is 3.94. The van der Waals surface area contributed by atoms with E-state index in [1.807, 2.05) is 13.0 Å². The van der Waals surface area contributed by atoms with Crippen LogP contribution in [0.2, 0.25) is 0 Å². The molecular formula is C16H24FN3. The Balaban J connectivity index is 1.77. The molecule has 4 heteroatoms. The van der Waals surface area contributed by atoms with Crippen LogP contribution in [0.3, 0.4) is 0 Å². The maximum Gasteiger partial charge on any atom is 0.123 e. The van der Waals surface area contributed by atoms with Crippen molar-refractivity contribution in [3.63, 3.8) is 0 Å². The minimum atomic E-state index is -0.198. The number of likely N-dealkylation sites (tertiary alicyclic amines) is 1. The number of nitrogens with zero attached hydrogens (tertiary/aromatic N) is 2. The van der Waals surface area contributed by atoms with Gasteiger partial charge < -0.3 is 10.6 Å². The molecule has 0 radical (unpaired) electrons. The molecule has 1 unspecified atom stereocenters. The lowest BCUT2D eigenvalue weighted by Gasteiger charge is -2.26. The molecule has 2 N–H and O–H groups in total. The number of anilines is 1. The minimum absolute atomic E-state index is 0.133. The molecule has 0 aliphatic carbocycles. The first kappa shape index (κ1) is 13.8. The van der Waals surface area contributed by atoms with E-state index in [1.54, 1.807) is 12.1 Å². The maximum atomic E-state index is 13.4. The van der Waals surface area contributed by atoms with Crippen LogP contribution in [0.1, 0.15) is 37.8 Å². The lowest BCUT2D eigenvalue weighted by atomic mass is 10.1. The van der Waals surface area contributed by atoms with Gasteiger partial charge in [0.25, 0.3) is 0 Å². The summed E-state index contributed by atoms with van der Waals surface area (Å²) in [6.07, 6.45) is 3.87. The highest BCUT2D eigenvalue weighted by atomic mass is 19.1. The SMILES string of the molecule is C[C@@H](N)c1cc(F)ccc1N1CCC(N2CCCC2)C1. The molecule has 2 aliphatic heterocycles. The lowest BCUT2D eigenvalue weighted by molar-refractivity contribution is 0.260. The summed E-state index contributed by atoms with van der Waals surface area (Å²) in [5.41, 5.74) is 8.04. The average Bonchev–Trinajstić information content (AvgIpc) is 3.09. The van der Waals surface area contributed by atoms with E-state index >= 15 is 0 Å². The van der Waals surface area contributed by atoms with Crippen molar-refractivity contribution in [3.8, 4) is 0 Å². The van der Waals surface area contributed by atoms with E-state index in [9.17, 15) is 4.39 Å². The van der Waals surface area contributed by atoms with Crippen LogP contribution in [-0.2, 0) is 0 Å². The monoisotopic (exact) mass is 277 g/mol. The molecule has 0 spiro atoms. The molecule has 20 heavy (non-hydrogen) atoms. The topological polar surface area (TPSA) is 32.5 Å². The molecule has 0 saturated carbocycles. The highest BCUT2D eigenvalue weighted by Gasteiger charge is 2.30. The zero-order valence-electron chi connectivity index (χ0n) is 12.2. The third kappa shape index (κ3) is 2.67. The van der Waals surface area contributed by atoms with Gasteiger partial charge in [-0.3, -0.25) is 4.90 Å². The van der Waals surface area contributed by atoms with Crippen molar-refractivity contribution in [2.45, 2.75) is 38.3 Å². The molecule has 2 atom stereocenters. The Bertz CT molecular complexity index is 469. The molecule has 2 aliphatic rings. The van der Waals surface area contributed by atoms with Crippen molar-refractivity contribution in [3.05, 3.63) is 29.6 Å². The largest absolute Gasteiger partial charge is 0.370 e. The first-order valence-electron chi connectivity index (χ1n) is 7.69. The molecule has 2 heterocycles. The smallest absolute Gasteiger partial charge is 0.123 e. The van der Waals surface area contributed by atoms with Gasteiger partial charge in [0.05, 0.1) is 0 Å². The van der Waals surface area contributed by atoms with Crippen molar-refractivity contribution >= 4 is 5.69 Å². The highest BCUT2D eigenvalue weighted by Crippen LogP contribution is 2.31. The molecular weight excluding hydrogens is 253 g/mol. The van der Waals surface area contributed by atoms with Crippen LogP contribution in [0, 0.1) is 5.82 Å². The first-order valence-corrected chi connectivity index (χ1v) is 7.69. The summed E-state index contributed by atoms with van der Waals surface area (Å²) >= 11 is 0. The quantitative estimate of drug-likeness (QED) is 0.921. The Morgan fingerprint density at radius 3 is 2.70 bits per heavy atom. The molecule has 1 aromatic carbocycles. The third-order valence-corrected chi connectivity index (χ3v) is 4.64. The second-order valence-corrected chi connectivity index (χ2v) is 6.12. The van der Waals surface area contributed by atoms with E-state index in [4.69, 9.17) is 5.73 Å². The Morgan fingerprint density at radius 2 is 2.00 bits per heavy atom. The highest BCUT2D eigenvalue weighted by molar-refractivity contribution is 5.56. The normalized spacial score (nSPS) is 25.4. The van der Waals surface area contributed by atoms with Gasteiger partial charge in [0.1, 0.15) is 5.82 Å². The number of halogens is 1. The van der Waals surface area contributed by atoms with Gasteiger partial charge in [0, 0.05) is 30.9 Å². The summed E-state index contributed by atoms with van der Waals surface area (Å²) < 4.78 is 13.4. The minimum Gasteiger partial charge on any atom is -0.370 e. The fraction of sp³-hybridized carbons (Fsp3) is 0.625.